The van der Waals surface area contributed by atoms with Crippen molar-refractivity contribution in [2.24, 2.45) is 0 Å². The number of nitrogen functional groups attached to an aromatic ring is 1. The lowest BCUT2D eigenvalue weighted by molar-refractivity contribution is 1.33. The monoisotopic (exact) mass is 216 g/mol. The van der Waals surface area contributed by atoms with Crippen molar-refractivity contribution < 1.29 is 0 Å². The summed E-state index contributed by atoms with van der Waals surface area (Å²) in [5, 5.41) is 0. The molecule has 0 fully saturated rings. The minimum Gasteiger partial charge on any atom is -0.384 e. The molecule has 0 radical (unpaired) electrons. The molecule has 15 heavy (non-hydrogen) atoms. The Kier molecular flexibility index (Phi) is 2.92. The lowest BCUT2D eigenvalue weighted by Crippen LogP contribution is -1.89. The molecule has 1 heterocycles. The van der Waals surface area contributed by atoms with Gasteiger partial charge in [0, 0.05) is 11.1 Å². The number of benzene rings is 1. The second-order valence-corrected chi connectivity index (χ2v) is 4.08. The average molecular weight is 216 g/mol. The summed E-state index contributed by atoms with van der Waals surface area (Å²) < 4.78 is 0. The fourth-order valence-electron chi connectivity index (χ4n) is 1.41. The van der Waals surface area contributed by atoms with Crippen molar-refractivity contribution in [2.75, 3.05) is 12.0 Å². The van der Waals surface area contributed by atoms with Gasteiger partial charge in [-0.25, -0.2) is 4.98 Å². The predicted molar refractivity (Wildman–Crippen MR) is 65.9 cm³/mol. The van der Waals surface area contributed by atoms with Crippen LogP contribution < -0.4 is 5.73 Å². The van der Waals surface area contributed by atoms with E-state index in [9.17, 15) is 0 Å². The van der Waals surface area contributed by atoms with Crippen LogP contribution in [0.15, 0.2) is 47.5 Å². The third kappa shape index (κ3) is 2.30. The number of pyridine rings is 1. The van der Waals surface area contributed by atoms with E-state index in [0.29, 0.717) is 5.82 Å². The second-order valence-electron chi connectivity index (χ2n) is 3.20. The van der Waals surface area contributed by atoms with Gasteiger partial charge in [-0.1, -0.05) is 12.1 Å². The molecule has 0 atom stereocenters. The van der Waals surface area contributed by atoms with E-state index in [0.717, 1.165) is 5.56 Å². The van der Waals surface area contributed by atoms with Crippen LogP contribution in [0.1, 0.15) is 0 Å². The van der Waals surface area contributed by atoms with Crippen LogP contribution in [0, 0.1) is 0 Å². The van der Waals surface area contributed by atoms with Gasteiger partial charge in [0.2, 0.25) is 0 Å². The number of anilines is 1. The Hall–Kier alpha value is -1.48. The first-order chi connectivity index (χ1) is 7.29. The molecule has 2 rings (SSSR count). The fourth-order valence-corrected chi connectivity index (χ4v) is 1.82. The molecule has 2 aromatic rings. The van der Waals surface area contributed by atoms with Crippen LogP contribution in [0.4, 0.5) is 5.82 Å². The highest BCUT2D eigenvalue weighted by atomic mass is 32.2. The molecule has 2 N–H and O–H groups in total. The molecular weight excluding hydrogens is 204 g/mol. The Morgan fingerprint density at radius 3 is 2.40 bits per heavy atom. The fraction of sp³-hybridized carbons (Fsp3) is 0.0833. The highest BCUT2D eigenvalue weighted by Gasteiger charge is 1.98. The first kappa shape index (κ1) is 10.1. The largest absolute Gasteiger partial charge is 0.384 e. The predicted octanol–water partition coefficient (Wildman–Crippen LogP) is 3.05. The SMILES string of the molecule is CSc1ccc(-c2ccnc(N)c2)cc1. The molecule has 1 aromatic heterocycles. The minimum atomic E-state index is 0.557. The Morgan fingerprint density at radius 2 is 1.80 bits per heavy atom. The molecule has 0 unspecified atom stereocenters. The number of rotatable bonds is 2. The molecule has 1 aromatic carbocycles. The van der Waals surface area contributed by atoms with E-state index in [2.05, 4.69) is 35.5 Å². The zero-order valence-corrected chi connectivity index (χ0v) is 9.29. The van der Waals surface area contributed by atoms with E-state index < -0.39 is 0 Å². The smallest absolute Gasteiger partial charge is 0.123 e. The minimum absolute atomic E-state index is 0.557. The van der Waals surface area contributed by atoms with E-state index >= 15 is 0 Å². The summed E-state index contributed by atoms with van der Waals surface area (Å²) in [5.74, 6) is 0.557. The summed E-state index contributed by atoms with van der Waals surface area (Å²) in [4.78, 5) is 5.24. The molecule has 76 valence electrons. The number of hydrogen-bond donors (Lipinski definition) is 1. The van der Waals surface area contributed by atoms with Crippen LogP contribution in [-0.4, -0.2) is 11.2 Å². The summed E-state index contributed by atoms with van der Waals surface area (Å²) in [7, 11) is 0. The van der Waals surface area contributed by atoms with Crippen molar-refractivity contribution in [3.63, 3.8) is 0 Å². The van der Waals surface area contributed by atoms with E-state index in [1.165, 1.54) is 10.5 Å². The molecule has 0 aliphatic carbocycles. The highest BCUT2D eigenvalue weighted by molar-refractivity contribution is 7.98. The van der Waals surface area contributed by atoms with Crippen molar-refractivity contribution in [1.82, 2.24) is 4.98 Å². The van der Waals surface area contributed by atoms with Crippen LogP contribution in [0.2, 0.25) is 0 Å². The normalized spacial score (nSPS) is 10.2. The summed E-state index contributed by atoms with van der Waals surface area (Å²) in [5.41, 5.74) is 7.91. The van der Waals surface area contributed by atoms with Gasteiger partial charge in [0.05, 0.1) is 0 Å². The molecule has 0 saturated heterocycles. The number of nitrogens with two attached hydrogens (primary N) is 1. The molecule has 0 aliphatic heterocycles. The van der Waals surface area contributed by atoms with Crippen molar-refractivity contribution in [3.05, 3.63) is 42.6 Å². The zero-order valence-electron chi connectivity index (χ0n) is 8.47. The van der Waals surface area contributed by atoms with Crippen LogP contribution in [0.3, 0.4) is 0 Å². The molecule has 3 heteroatoms. The van der Waals surface area contributed by atoms with Crippen LogP contribution in [0.25, 0.3) is 11.1 Å². The van der Waals surface area contributed by atoms with E-state index in [1.807, 2.05) is 12.1 Å². The second kappa shape index (κ2) is 4.36. The zero-order chi connectivity index (χ0) is 10.7. The number of nitrogens with zero attached hydrogens (tertiary/aromatic N) is 1. The molecule has 0 saturated carbocycles. The Bertz CT molecular complexity index is 451. The van der Waals surface area contributed by atoms with Gasteiger partial charge in [0.25, 0.3) is 0 Å². The standard InChI is InChI=1S/C12H12N2S/c1-15-11-4-2-9(3-5-11)10-6-7-14-12(13)8-10/h2-8H,1H3,(H2,13,14). The lowest BCUT2D eigenvalue weighted by Gasteiger charge is -2.03. The first-order valence-electron chi connectivity index (χ1n) is 4.65. The van der Waals surface area contributed by atoms with Gasteiger partial charge in [0.1, 0.15) is 5.82 Å². The molecule has 0 aliphatic rings. The van der Waals surface area contributed by atoms with E-state index in [4.69, 9.17) is 5.73 Å². The summed E-state index contributed by atoms with van der Waals surface area (Å²) in [6, 6.07) is 12.3. The Balaban J connectivity index is 2.37. The van der Waals surface area contributed by atoms with Crippen molar-refractivity contribution in [1.29, 1.82) is 0 Å². The summed E-state index contributed by atoms with van der Waals surface area (Å²) >= 11 is 1.74. The molecule has 2 nitrogen and oxygen atoms in total. The van der Waals surface area contributed by atoms with Crippen LogP contribution >= 0.6 is 11.8 Å². The van der Waals surface area contributed by atoms with Gasteiger partial charge in [-0.2, -0.15) is 0 Å². The van der Waals surface area contributed by atoms with Gasteiger partial charge in [-0.3, -0.25) is 0 Å². The van der Waals surface area contributed by atoms with Crippen LogP contribution in [-0.2, 0) is 0 Å². The lowest BCUT2D eigenvalue weighted by atomic mass is 10.1. The Morgan fingerprint density at radius 1 is 1.07 bits per heavy atom. The summed E-state index contributed by atoms with van der Waals surface area (Å²) in [6.07, 6.45) is 3.80. The van der Waals surface area contributed by atoms with Gasteiger partial charge >= 0.3 is 0 Å². The maximum atomic E-state index is 5.64. The average Bonchev–Trinajstić information content (AvgIpc) is 2.29. The maximum absolute atomic E-state index is 5.64. The quantitative estimate of drug-likeness (QED) is 0.784. The van der Waals surface area contributed by atoms with Crippen molar-refractivity contribution >= 4 is 17.6 Å². The number of hydrogen-bond acceptors (Lipinski definition) is 3. The number of thioether (sulfide) groups is 1. The molecule has 0 spiro atoms. The van der Waals surface area contributed by atoms with Crippen molar-refractivity contribution in [2.45, 2.75) is 4.90 Å². The molecular formula is C12H12N2S. The van der Waals surface area contributed by atoms with Gasteiger partial charge in [-0.15, -0.1) is 11.8 Å². The van der Waals surface area contributed by atoms with Gasteiger partial charge in [-0.05, 0) is 41.6 Å². The maximum Gasteiger partial charge on any atom is 0.123 e. The third-order valence-corrected chi connectivity index (χ3v) is 2.95. The Labute approximate surface area is 93.5 Å². The van der Waals surface area contributed by atoms with E-state index in [1.54, 1.807) is 18.0 Å². The number of aromatic nitrogens is 1. The third-order valence-electron chi connectivity index (χ3n) is 2.20. The van der Waals surface area contributed by atoms with Crippen molar-refractivity contribution in [3.8, 4) is 11.1 Å². The van der Waals surface area contributed by atoms with Gasteiger partial charge in [0.15, 0.2) is 0 Å². The summed E-state index contributed by atoms with van der Waals surface area (Å²) in [6.45, 7) is 0. The molecule has 0 bridgehead atoms. The first-order valence-corrected chi connectivity index (χ1v) is 5.88. The molecule has 0 amide bonds. The van der Waals surface area contributed by atoms with E-state index in [-0.39, 0.29) is 0 Å². The van der Waals surface area contributed by atoms with Gasteiger partial charge < -0.3 is 5.73 Å². The topological polar surface area (TPSA) is 38.9 Å². The highest BCUT2D eigenvalue weighted by Crippen LogP contribution is 2.23. The van der Waals surface area contributed by atoms with Crippen LogP contribution in [0.5, 0.6) is 0 Å².